The second-order valence-corrected chi connectivity index (χ2v) is 10.1. The number of nitrogens with one attached hydrogen (secondary N) is 3. The quantitative estimate of drug-likeness (QED) is 0.441. The summed E-state index contributed by atoms with van der Waals surface area (Å²) in [5.74, 6) is 1.85. The normalized spacial score (nSPS) is 19.5. The Hall–Kier alpha value is -3.20. The Morgan fingerprint density at radius 1 is 1.00 bits per heavy atom. The fraction of sp³-hybridized carbons (Fsp3) is 0.462. The van der Waals surface area contributed by atoms with Crippen molar-refractivity contribution in [3.05, 3.63) is 54.0 Å². The van der Waals surface area contributed by atoms with Crippen LogP contribution in [0.4, 0.5) is 17.5 Å². The highest BCUT2D eigenvalue weighted by atomic mass is 32.1. The number of nitrogens with zero attached hydrogens (tertiary/aromatic N) is 5. The Balaban J connectivity index is 1.11. The molecule has 0 unspecified atom stereocenters. The molecule has 2 heterocycles. The fourth-order valence-corrected chi connectivity index (χ4v) is 5.33. The van der Waals surface area contributed by atoms with Crippen LogP contribution in [0.15, 0.2) is 42.7 Å². The van der Waals surface area contributed by atoms with Gasteiger partial charge < -0.3 is 20.9 Å². The Bertz CT molecular complexity index is 1130. The topological polar surface area (TPSA) is 82.9 Å². The molecule has 0 spiro atoms. The van der Waals surface area contributed by atoms with Gasteiger partial charge in [-0.3, -0.25) is 0 Å². The van der Waals surface area contributed by atoms with E-state index in [4.69, 9.17) is 22.2 Å². The van der Waals surface area contributed by atoms with E-state index in [9.17, 15) is 0 Å². The molecule has 2 aromatic heterocycles. The Morgan fingerprint density at radius 2 is 1.74 bits per heavy atom. The second-order valence-electron chi connectivity index (χ2n) is 9.69. The molecular weight excluding hydrogens is 456 g/mol. The molecule has 35 heavy (non-hydrogen) atoms. The number of anilines is 3. The maximum absolute atomic E-state index is 5.58. The molecular formula is C26H34N8S. The van der Waals surface area contributed by atoms with E-state index in [0.717, 1.165) is 61.7 Å². The van der Waals surface area contributed by atoms with Gasteiger partial charge in [-0.2, -0.15) is 10.1 Å². The lowest BCUT2D eigenvalue weighted by atomic mass is 9.91. The molecule has 184 valence electrons. The smallest absolute Gasteiger partial charge is 0.225 e. The summed E-state index contributed by atoms with van der Waals surface area (Å²) in [6.45, 7) is 0. The first-order valence-corrected chi connectivity index (χ1v) is 13.0. The summed E-state index contributed by atoms with van der Waals surface area (Å²) in [6.07, 6.45) is 12.5. The van der Waals surface area contributed by atoms with Gasteiger partial charge in [-0.05, 0) is 93.9 Å². The average molecular weight is 491 g/mol. The summed E-state index contributed by atoms with van der Waals surface area (Å²) < 4.78 is 1.84. The summed E-state index contributed by atoms with van der Waals surface area (Å²) in [5, 5.41) is 15.4. The number of aryl methyl sites for hydroxylation is 1. The number of benzene rings is 1. The lowest BCUT2D eigenvalue weighted by Crippen LogP contribution is -2.42. The third kappa shape index (κ3) is 5.73. The van der Waals surface area contributed by atoms with Gasteiger partial charge in [0.15, 0.2) is 5.11 Å². The summed E-state index contributed by atoms with van der Waals surface area (Å²) in [7, 11) is 4.14. The predicted molar refractivity (Wildman–Crippen MR) is 146 cm³/mol. The Kier molecular flexibility index (Phi) is 7.13. The lowest BCUT2D eigenvalue weighted by molar-refractivity contribution is 0.387. The molecule has 5 rings (SSSR count). The van der Waals surface area contributed by atoms with Crippen molar-refractivity contribution in [1.29, 1.82) is 0 Å². The van der Waals surface area contributed by atoms with Crippen molar-refractivity contribution in [2.24, 2.45) is 0 Å². The van der Waals surface area contributed by atoms with Crippen molar-refractivity contribution < 1.29 is 0 Å². The predicted octanol–water partition coefficient (Wildman–Crippen LogP) is 4.32. The third-order valence-corrected chi connectivity index (χ3v) is 7.09. The van der Waals surface area contributed by atoms with Crippen molar-refractivity contribution in [1.82, 2.24) is 25.1 Å². The van der Waals surface area contributed by atoms with Crippen LogP contribution in [-0.2, 0) is 12.8 Å². The van der Waals surface area contributed by atoms with Crippen LogP contribution >= 0.6 is 12.2 Å². The molecule has 0 bridgehead atoms. The minimum atomic E-state index is 0.373. The van der Waals surface area contributed by atoms with Gasteiger partial charge in [0.05, 0.1) is 11.4 Å². The molecule has 1 aromatic carbocycles. The largest absolute Gasteiger partial charge is 0.362 e. The molecule has 0 atom stereocenters. The maximum atomic E-state index is 5.58. The van der Waals surface area contributed by atoms with Gasteiger partial charge in [-0.15, -0.1) is 0 Å². The summed E-state index contributed by atoms with van der Waals surface area (Å²) in [5.41, 5.74) is 4.54. The number of fused-ring (bicyclic) bond motifs is 1. The van der Waals surface area contributed by atoms with Crippen LogP contribution in [0.1, 0.15) is 49.8 Å². The number of rotatable bonds is 6. The average Bonchev–Trinajstić information content (AvgIpc) is 3.40. The van der Waals surface area contributed by atoms with Crippen LogP contribution in [0.2, 0.25) is 0 Å². The zero-order valence-corrected chi connectivity index (χ0v) is 21.3. The van der Waals surface area contributed by atoms with Crippen LogP contribution in [0, 0.1) is 0 Å². The van der Waals surface area contributed by atoms with Crippen molar-refractivity contribution in [2.75, 3.05) is 29.6 Å². The number of thiocarbonyl (C=S) groups is 1. The van der Waals surface area contributed by atoms with Crippen LogP contribution < -0.4 is 20.9 Å². The van der Waals surface area contributed by atoms with E-state index in [-0.39, 0.29) is 0 Å². The van der Waals surface area contributed by atoms with Gasteiger partial charge in [0.1, 0.15) is 5.82 Å². The van der Waals surface area contributed by atoms with Crippen molar-refractivity contribution in [3.8, 4) is 5.69 Å². The number of hydrogen-bond acceptors (Lipinski definition) is 6. The fourth-order valence-electron chi connectivity index (χ4n) is 5.05. The van der Waals surface area contributed by atoms with Gasteiger partial charge >= 0.3 is 0 Å². The molecule has 3 N–H and O–H groups in total. The van der Waals surface area contributed by atoms with E-state index in [0.29, 0.717) is 17.2 Å². The highest BCUT2D eigenvalue weighted by molar-refractivity contribution is 7.80. The highest BCUT2D eigenvalue weighted by Gasteiger charge is 2.24. The monoisotopic (exact) mass is 490 g/mol. The molecule has 8 nitrogen and oxygen atoms in total. The molecule has 0 amide bonds. The molecule has 0 aliphatic heterocycles. The highest BCUT2D eigenvalue weighted by Crippen LogP contribution is 2.29. The van der Waals surface area contributed by atoms with Crippen LogP contribution in [-0.4, -0.2) is 51.0 Å². The lowest BCUT2D eigenvalue weighted by Gasteiger charge is -2.31. The first kappa shape index (κ1) is 23.5. The van der Waals surface area contributed by atoms with E-state index in [1.165, 1.54) is 24.1 Å². The van der Waals surface area contributed by atoms with Gasteiger partial charge in [0.2, 0.25) is 5.95 Å². The molecule has 3 aromatic rings. The summed E-state index contributed by atoms with van der Waals surface area (Å²) in [6, 6.07) is 10.8. The zero-order valence-electron chi connectivity index (χ0n) is 20.5. The van der Waals surface area contributed by atoms with Gasteiger partial charge in [0, 0.05) is 49.8 Å². The van der Waals surface area contributed by atoms with Crippen molar-refractivity contribution >= 4 is 34.8 Å². The first-order valence-electron chi connectivity index (χ1n) is 12.6. The van der Waals surface area contributed by atoms with Gasteiger partial charge in [0.25, 0.3) is 0 Å². The second kappa shape index (κ2) is 10.6. The molecule has 9 heteroatoms. The molecule has 2 aliphatic rings. The molecule has 0 saturated heterocycles. The van der Waals surface area contributed by atoms with Crippen LogP contribution in [0.5, 0.6) is 0 Å². The van der Waals surface area contributed by atoms with Crippen molar-refractivity contribution in [3.63, 3.8) is 0 Å². The third-order valence-electron chi connectivity index (χ3n) is 6.87. The molecule has 2 aliphatic carbocycles. The molecule has 1 fully saturated rings. The molecule has 0 radical (unpaired) electrons. The van der Waals surface area contributed by atoms with Gasteiger partial charge in [-0.1, -0.05) is 0 Å². The van der Waals surface area contributed by atoms with E-state index in [1.807, 2.05) is 41.2 Å². The maximum Gasteiger partial charge on any atom is 0.225 e. The summed E-state index contributed by atoms with van der Waals surface area (Å²) >= 11 is 5.58. The Morgan fingerprint density at radius 3 is 2.46 bits per heavy atom. The number of hydrogen-bond donors (Lipinski definition) is 3. The van der Waals surface area contributed by atoms with E-state index in [1.54, 1.807) is 6.20 Å². The molecule has 1 saturated carbocycles. The van der Waals surface area contributed by atoms with E-state index >= 15 is 0 Å². The minimum absolute atomic E-state index is 0.373. The Labute approximate surface area is 212 Å². The van der Waals surface area contributed by atoms with Crippen molar-refractivity contribution in [2.45, 2.75) is 63.5 Å². The minimum Gasteiger partial charge on any atom is -0.362 e. The van der Waals surface area contributed by atoms with Crippen LogP contribution in [0.3, 0.4) is 0 Å². The van der Waals surface area contributed by atoms with Crippen LogP contribution in [0.25, 0.3) is 5.69 Å². The van der Waals surface area contributed by atoms with E-state index in [2.05, 4.69) is 40.0 Å². The first-order chi connectivity index (χ1) is 17.0. The standard InChI is InChI=1S/C26H34N8S/c1-33(2)24-22-6-3-4-7-23(22)31-25(32-24)28-18-8-10-19(11-9-18)29-26(35)30-20-12-14-21(15-13-20)34-17-5-16-27-34/h5,12-19H,3-4,6-11H2,1-2H3,(H,28,31,32)(H2,29,30,35)/t18-,19+. The van der Waals surface area contributed by atoms with E-state index < -0.39 is 0 Å². The number of aromatic nitrogens is 4. The SMILES string of the molecule is CN(C)c1nc(N[C@H]2CC[C@@H](NC(=S)Nc3ccc(-n4cccn4)cc3)CC2)nc2c1CCCC2. The van der Waals surface area contributed by atoms with Gasteiger partial charge in [-0.25, -0.2) is 9.67 Å². The zero-order chi connectivity index (χ0) is 24.2. The summed E-state index contributed by atoms with van der Waals surface area (Å²) in [4.78, 5) is 11.9.